The molecule has 102 valence electrons. The van der Waals surface area contributed by atoms with Crippen molar-refractivity contribution >= 4 is 27.5 Å². The maximum Gasteiger partial charge on any atom is 0.471 e. The zero-order valence-corrected chi connectivity index (χ0v) is 11.3. The van der Waals surface area contributed by atoms with Crippen LogP contribution in [0.15, 0.2) is 22.9 Å². The third kappa shape index (κ3) is 3.06. The Morgan fingerprint density at radius 3 is 2.79 bits per heavy atom. The fourth-order valence-electron chi connectivity index (χ4n) is 1.63. The van der Waals surface area contributed by atoms with E-state index in [1.807, 2.05) is 13.0 Å². The van der Waals surface area contributed by atoms with E-state index >= 15 is 0 Å². The molecule has 4 nitrogen and oxygen atoms in total. The predicted octanol–water partition coefficient (Wildman–Crippen LogP) is 2.58. The van der Waals surface area contributed by atoms with Crippen molar-refractivity contribution in [1.82, 2.24) is 14.7 Å². The summed E-state index contributed by atoms with van der Waals surface area (Å²) in [6, 6.07) is 1.85. The molecule has 2 aromatic heterocycles. The average Bonchev–Trinajstić information content (AvgIpc) is 2.67. The molecule has 0 fully saturated rings. The van der Waals surface area contributed by atoms with Crippen LogP contribution in [0.25, 0.3) is 5.65 Å². The third-order valence-electron chi connectivity index (χ3n) is 2.44. The third-order valence-corrected chi connectivity index (χ3v) is 2.87. The zero-order chi connectivity index (χ0) is 14.2. The van der Waals surface area contributed by atoms with Gasteiger partial charge in [-0.2, -0.15) is 13.2 Å². The van der Waals surface area contributed by atoms with E-state index in [1.54, 1.807) is 22.1 Å². The molecular weight excluding hydrogens is 327 g/mol. The minimum Gasteiger partial charge on any atom is -0.343 e. The fourth-order valence-corrected chi connectivity index (χ4v) is 2.20. The molecule has 2 rings (SSSR count). The van der Waals surface area contributed by atoms with Gasteiger partial charge >= 0.3 is 12.1 Å². The van der Waals surface area contributed by atoms with Gasteiger partial charge in [-0.3, -0.25) is 4.79 Å². The molecule has 0 aliphatic heterocycles. The first-order valence-electron chi connectivity index (χ1n) is 5.26. The van der Waals surface area contributed by atoms with Gasteiger partial charge in [0.2, 0.25) is 0 Å². The molecule has 8 heteroatoms. The van der Waals surface area contributed by atoms with E-state index in [9.17, 15) is 18.0 Å². The van der Waals surface area contributed by atoms with Gasteiger partial charge in [0.15, 0.2) is 0 Å². The van der Waals surface area contributed by atoms with Crippen molar-refractivity contribution in [2.45, 2.75) is 19.6 Å². The lowest BCUT2D eigenvalue weighted by molar-refractivity contribution is -0.173. The number of fused-ring (bicyclic) bond motifs is 1. The number of alkyl halides is 3. The minimum atomic E-state index is -4.88. The fraction of sp³-hybridized carbons (Fsp3) is 0.273. The number of carbonyl (C=O) groups excluding carboxylic acids is 1. The maximum atomic E-state index is 12.0. The highest BCUT2D eigenvalue weighted by atomic mass is 79.9. The normalized spacial score (nSPS) is 11.8. The number of pyridine rings is 1. The van der Waals surface area contributed by atoms with Crippen molar-refractivity contribution in [3.8, 4) is 0 Å². The first-order chi connectivity index (χ1) is 8.77. The zero-order valence-electron chi connectivity index (χ0n) is 9.75. The highest BCUT2D eigenvalue weighted by molar-refractivity contribution is 9.10. The number of halogens is 4. The number of aryl methyl sites for hydroxylation is 1. The molecule has 0 atom stereocenters. The number of hydrogen-bond donors (Lipinski definition) is 1. The number of imidazole rings is 1. The van der Waals surface area contributed by atoms with E-state index in [0.29, 0.717) is 11.3 Å². The van der Waals surface area contributed by atoms with E-state index in [2.05, 4.69) is 20.9 Å². The maximum absolute atomic E-state index is 12.0. The Morgan fingerprint density at radius 1 is 1.47 bits per heavy atom. The summed E-state index contributed by atoms with van der Waals surface area (Å²) in [5.74, 6) is -1.97. The lowest BCUT2D eigenvalue weighted by atomic mass is 10.3. The Labute approximate surface area is 114 Å². The smallest absolute Gasteiger partial charge is 0.343 e. The van der Waals surface area contributed by atoms with Crippen LogP contribution in [0.1, 0.15) is 11.3 Å². The second-order valence-electron chi connectivity index (χ2n) is 3.98. The average molecular weight is 336 g/mol. The molecule has 0 aromatic carbocycles. The van der Waals surface area contributed by atoms with Crippen LogP contribution in [0.3, 0.4) is 0 Å². The van der Waals surface area contributed by atoms with Gasteiger partial charge in [-0.25, -0.2) is 4.98 Å². The van der Waals surface area contributed by atoms with Crippen LogP contribution in [-0.2, 0) is 11.3 Å². The molecule has 0 bridgehead atoms. The number of hydrogen-bond acceptors (Lipinski definition) is 2. The molecular formula is C11H9BrF3N3O. The Bertz CT molecular complexity index is 636. The molecule has 19 heavy (non-hydrogen) atoms. The van der Waals surface area contributed by atoms with E-state index in [-0.39, 0.29) is 6.54 Å². The van der Waals surface area contributed by atoms with Gasteiger partial charge in [-0.05, 0) is 34.5 Å². The van der Waals surface area contributed by atoms with Gasteiger partial charge in [-0.15, -0.1) is 0 Å². The number of aromatic nitrogens is 2. The summed E-state index contributed by atoms with van der Waals surface area (Å²) in [5, 5.41) is 1.78. The number of nitrogens with one attached hydrogen (secondary N) is 1. The summed E-state index contributed by atoms with van der Waals surface area (Å²) in [5.41, 5.74) is 1.88. The summed E-state index contributed by atoms with van der Waals surface area (Å²) >= 11 is 3.31. The SMILES string of the molecule is Cc1cc(Br)cn2cc(CNC(=O)C(F)(F)F)nc12. The number of rotatable bonds is 2. The van der Waals surface area contributed by atoms with Crippen LogP contribution in [0.2, 0.25) is 0 Å². The molecule has 0 spiro atoms. The second kappa shape index (κ2) is 4.84. The van der Waals surface area contributed by atoms with Crippen LogP contribution in [0, 0.1) is 6.92 Å². The van der Waals surface area contributed by atoms with E-state index in [4.69, 9.17) is 0 Å². The number of amides is 1. The second-order valence-corrected chi connectivity index (χ2v) is 4.90. The highest BCUT2D eigenvalue weighted by Crippen LogP contribution is 2.18. The monoisotopic (exact) mass is 335 g/mol. The van der Waals surface area contributed by atoms with Crippen LogP contribution >= 0.6 is 15.9 Å². The standard InChI is InChI=1S/C11H9BrF3N3O/c1-6-2-7(12)4-18-5-8(17-9(6)18)3-16-10(19)11(13,14)15/h2,4-5H,3H2,1H3,(H,16,19). The van der Waals surface area contributed by atoms with Crippen molar-refractivity contribution in [3.05, 3.63) is 34.2 Å². The number of nitrogens with zero attached hydrogens (tertiary/aromatic N) is 2. The minimum absolute atomic E-state index is 0.267. The van der Waals surface area contributed by atoms with Gasteiger partial charge in [0, 0.05) is 16.9 Å². The molecule has 0 aliphatic carbocycles. The molecule has 0 unspecified atom stereocenters. The van der Waals surface area contributed by atoms with Gasteiger partial charge in [0.25, 0.3) is 0 Å². The lowest BCUT2D eigenvalue weighted by Gasteiger charge is -2.05. The Morgan fingerprint density at radius 2 is 2.16 bits per heavy atom. The summed E-state index contributed by atoms with van der Waals surface area (Å²) < 4.78 is 38.6. The van der Waals surface area contributed by atoms with Crippen molar-refractivity contribution in [3.63, 3.8) is 0 Å². The predicted molar refractivity (Wildman–Crippen MR) is 65.5 cm³/mol. The van der Waals surface area contributed by atoms with Crippen LogP contribution in [0.4, 0.5) is 13.2 Å². The van der Waals surface area contributed by atoms with Crippen molar-refractivity contribution < 1.29 is 18.0 Å². The first-order valence-corrected chi connectivity index (χ1v) is 6.05. The van der Waals surface area contributed by atoms with E-state index in [0.717, 1.165) is 10.0 Å². The molecule has 0 saturated carbocycles. The van der Waals surface area contributed by atoms with Gasteiger partial charge < -0.3 is 9.72 Å². The Balaban J connectivity index is 2.19. The molecule has 2 aromatic rings. The Kier molecular flexibility index (Phi) is 3.53. The van der Waals surface area contributed by atoms with Gasteiger partial charge in [0.05, 0.1) is 12.2 Å². The molecule has 1 amide bonds. The van der Waals surface area contributed by atoms with Gasteiger partial charge in [0.1, 0.15) is 5.65 Å². The first kappa shape index (κ1) is 13.9. The molecule has 2 heterocycles. The summed E-state index contributed by atoms with van der Waals surface area (Å²) in [6.07, 6.45) is -1.56. The summed E-state index contributed by atoms with van der Waals surface area (Å²) in [7, 11) is 0. The summed E-state index contributed by atoms with van der Waals surface area (Å²) in [6.45, 7) is 1.57. The Hall–Kier alpha value is -1.57. The lowest BCUT2D eigenvalue weighted by Crippen LogP contribution is -2.36. The van der Waals surface area contributed by atoms with Crippen molar-refractivity contribution in [1.29, 1.82) is 0 Å². The van der Waals surface area contributed by atoms with Crippen LogP contribution < -0.4 is 5.32 Å². The van der Waals surface area contributed by atoms with Gasteiger partial charge in [-0.1, -0.05) is 0 Å². The van der Waals surface area contributed by atoms with E-state index in [1.165, 1.54) is 0 Å². The topological polar surface area (TPSA) is 46.4 Å². The molecule has 0 aliphatic rings. The van der Waals surface area contributed by atoms with E-state index < -0.39 is 12.1 Å². The van der Waals surface area contributed by atoms with Crippen LogP contribution in [0.5, 0.6) is 0 Å². The van der Waals surface area contributed by atoms with Crippen LogP contribution in [-0.4, -0.2) is 21.5 Å². The molecule has 0 saturated heterocycles. The van der Waals surface area contributed by atoms with Crippen molar-refractivity contribution in [2.24, 2.45) is 0 Å². The molecule has 0 radical (unpaired) electrons. The highest BCUT2D eigenvalue weighted by Gasteiger charge is 2.38. The van der Waals surface area contributed by atoms with Crippen molar-refractivity contribution in [2.75, 3.05) is 0 Å². The quantitative estimate of drug-likeness (QED) is 0.916. The largest absolute Gasteiger partial charge is 0.471 e. The summed E-state index contributed by atoms with van der Waals surface area (Å²) in [4.78, 5) is 14.9. The molecule has 1 N–H and O–H groups in total. The number of carbonyl (C=O) groups is 1.